The molecule has 1 aromatic rings. The van der Waals surface area contributed by atoms with E-state index in [-0.39, 0.29) is 36.0 Å². The summed E-state index contributed by atoms with van der Waals surface area (Å²) in [7, 11) is 0. The van der Waals surface area contributed by atoms with E-state index in [2.05, 4.69) is 5.32 Å². The number of carbonyl (C=O) groups is 1. The number of nitrogens with one attached hydrogen (secondary N) is 1. The SMILES string of the molecule is O=C(Cc1cccc(Cl)c1Cl)C1(C(F)(F)F)CCNC1. The standard InChI is InChI=1S/C13H12Cl2F3NO/c14-9-3-1-2-8(11(9)15)6-10(20)12(13(16,17)18)4-5-19-7-12/h1-3,19H,4-7H2. The molecule has 1 fully saturated rings. The lowest BCUT2D eigenvalue weighted by atomic mass is 9.79. The van der Waals surface area contributed by atoms with Crippen molar-refractivity contribution in [3.05, 3.63) is 33.8 Å². The van der Waals surface area contributed by atoms with E-state index in [1.807, 2.05) is 0 Å². The smallest absolute Gasteiger partial charge is 0.315 e. The van der Waals surface area contributed by atoms with E-state index in [1.165, 1.54) is 12.1 Å². The Morgan fingerprint density at radius 1 is 1.35 bits per heavy atom. The van der Waals surface area contributed by atoms with Gasteiger partial charge in [-0.2, -0.15) is 13.2 Å². The zero-order valence-corrected chi connectivity index (χ0v) is 11.9. The van der Waals surface area contributed by atoms with E-state index < -0.39 is 17.4 Å². The van der Waals surface area contributed by atoms with Gasteiger partial charge in [0.15, 0.2) is 5.78 Å². The molecule has 0 amide bonds. The van der Waals surface area contributed by atoms with Gasteiger partial charge in [-0.25, -0.2) is 0 Å². The lowest BCUT2D eigenvalue weighted by Gasteiger charge is -2.29. The van der Waals surface area contributed by atoms with Crippen LogP contribution >= 0.6 is 23.2 Å². The molecule has 0 bridgehead atoms. The Morgan fingerprint density at radius 3 is 2.60 bits per heavy atom. The molecule has 110 valence electrons. The fourth-order valence-corrected chi connectivity index (χ4v) is 2.74. The molecule has 2 rings (SSSR count). The minimum absolute atomic E-state index is 0.130. The Hall–Kier alpha value is -0.780. The molecule has 0 aliphatic carbocycles. The first-order chi connectivity index (χ1) is 9.28. The number of halogens is 5. The van der Waals surface area contributed by atoms with Crippen LogP contribution in [0, 0.1) is 5.41 Å². The first-order valence-electron chi connectivity index (χ1n) is 6.01. The van der Waals surface area contributed by atoms with Crippen LogP contribution in [0.5, 0.6) is 0 Å². The molecular formula is C13H12Cl2F3NO. The lowest BCUT2D eigenvalue weighted by molar-refractivity contribution is -0.214. The van der Waals surface area contributed by atoms with Gasteiger partial charge >= 0.3 is 6.18 Å². The van der Waals surface area contributed by atoms with Gasteiger partial charge in [0.1, 0.15) is 5.41 Å². The second-order valence-corrected chi connectivity index (χ2v) is 5.60. The molecule has 0 saturated carbocycles. The van der Waals surface area contributed by atoms with Gasteiger partial charge in [-0.05, 0) is 24.6 Å². The summed E-state index contributed by atoms with van der Waals surface area (Å²) >= 11 is 11.7. The quantitative estimate of drug-likeness (QED) is 0.919. The first kappa shape index (κ1) is 15.6. The average molecular weight is 326 g/mol. The van der Waals surface area contributed by atoms with Crippen molar-refractivity contribution in [2.45, 2.75) is 19.0 Å². The molecular weight excluding hydrogens is 314 g/mol. The first-order valence-corrected chi connectivity index (χ1v) is 6.77. The summed E-state index contributed by atoms with van der Waals surface area (Å²) in [6, 6.07) is 4.59. The van der Waals surface area contributed by atoms with Gasteiger partial charge in [-0.15, -0.1) is 0 Å². The van der Waals surface area contributed by atoms with Crippen molar-refractivity contribution in [1.29, 1.82) is 0 Å². The molecule has 1 saturated heterocycles. The summed E-state index contributed by atoms with van der Waals surface area (Å²) in [4.78, 5) is 12.2. The molecule has 0 radical (unpaired) electrons. The number of carbonyl (C=O) groups excluding carboxylic acids is 1. The zero-order valence-electron chi connectivity index (χ0n) is 10.4. The van der Waals surface area contributed by atoms with Crippen LogP contribution in [0.15, 0.2) is 18.2 Å². The maximum atomic E-state index is 13.2. The van der Waals surface area contributed by atoms with Crippen molar-refractivity contribution in [3.63, 3.8) is 0 Å². The van der Waals surface area contributed by atoms with E-state index in [0.29, 0.717) is 5.56 Å². The highest BCUT2D eigenvalue weighted by Crippen LogP contribution is 2.44. The van der Waals surface area contributed by atoms with Crippen LogP contribution in [0.1, 0.15) is 12.0 Å². The summed E-state index contributed by atoms with van der Waals surface area (Å²) in [5, 5.41) is 2.97. The second kappa shape index (κ2) is 5.54. The van der Waals surface area contributed by atoms with Gasteiger partial charge in [0.2, 0.25) is 0 Å². The number of hydrogen-bond donors (Lipinski definition) is 1. The molecule has 1 aliphatic heterocycles. The number of rotatable bonds is 3. The Morgan fingerprint density at radius 2 is 2.05 bits per heavy atom. The summed E-state index contributed by atoms with van der Waals surface area (Å²) in [6.45, 7) is -0.206. The highest BCUT2D eigenvalue weighted by Gasteiger charge is 2.60. The highest BCUT2D eigenvalue weighted by atomic mass is 35.5. The average Bonchev–Trinajstić information content (AvgIpc) is 2.85. The number of Topliss-reactive ketones (excluding diaryl/α,β-unsaturated/α-hetero) is 1. The van der Waals surface area contributed by atoms with Crippen molar-refractivity contribution < 1.29 is 18.0 Å². The van der Waals surface area contributed by atoms with Crippen molar-refractivity contribution in [3.8, 4) is 0 Å². The van der Waals surface area contributed by atoms with E-state index in [0.717, 1.165) is 0 Å². The minimum atomic E-state index is -4.57. The molecule has 20 heavy (non-hydrogen) atoms. The predicted molar refractivity (Wildman–Crippen MR) is 71.1 cm³/mol. The van der Waals surface area contributed by atoms with Crippen LogP contribution in [-0.4, -0.2) is 25.0 Å². The third kappa shape index (κ3) is 2.67. The van der Waals surface area contributed by atoms with Crippen LogP contribution in [-0.2, 0) is 11.2 Å². The third-order valence-electron chi connectivity index (χ3n) is 3.61. The van der Waals surface area contributed by atoms with Gasteiger partial charge in [0, 0.05) is 13.0 Å². The van der Waals surface area contributed by atoms with Gasteiger partial charge in [0.05, 0.1) is 10.0 Å². The van der Waals surface area contributed by atoms with Crippen molar-refractivity contribution in [2.24, 2.45) is 5.41 Å². The molecule has 1 heterocycles. The van der Waals surface area contributed by atoms with Gasteiger partial charge in [-0.3, -0.25) is 4.79 Å². The second-order valence-electron chi connectivity index (χ2n) is 4.82. The summed E-state index contributed by atoms with van der Waals surface area (Å²) < 4.78 is 39.7. The minimum Gasteiger partial charge on any atom is -0.315 e. The van der Waals surface area contributed by atoms with E-state index in [4.69, 9.17) is 23.2 Å². The molecule has 1 aliphatic rings. The largest absolute Gasteiger partial charge is 0.402 e. The molecule has 1 atom stereocenters. The topological polar surface area (TPSA) is 29.1 Å². The van der Waals surface area contributed by atoms with Crippen LogP contribution in [0.3, 0.4) is 0 Å². The molecule has 0 spiro atoms. The Kier molecular flexibility index (Phi) is 4.33. The monoisotopic (exact) mass is 325 g/mol. The van der Waals surface area contributed by atoms with Gasteiger partial charge in [0.25, 0.3) is 0 Å². The molecule has 2 nitrogen and oxygen atoms in total. The maximum Gasteiger partial charge on any atom is 0.402 e. The third-order valence-corrected chi connectivity index (χ3v) is 4.47. The fraction of sp³-hybridized carbons (Fsp3) is 0.462. The van der Waals surface area contributed by atoms with Crippen LogP contribution in [0.4, 0.5) is 13.2 Å². The zero-order chi connectivity index (χ0) is 15.0. The lowest BCUT2D eigenvalue weighted by Crippen LogP contribution is -2.47. The van der Waals surface area contributed by atoms with Crippen molar-refractivity contribution in [1.82, 2.24) is 5.32 Å². The van der Waals surface area contributed by atoms with E-state index in [1.54, 1.807) is 6.07 Å². The number of alkyl halides is 3. The molecule has 1 aromatic carbocycles. The van der Waals surface area contributed by atoms with Crippen LogP contribution in [0.25, 0.3) is 0 Å². The van der Waals surface area contributed by atoms with Gasteiger partial charge in [-0.1, -0.05) is 35.3 Å². The number of ketones is 1. The van der Waals surface area contributed by atoms with Gasteiger partial charge < -0.3 is 5.32 Å². The van der Waals surface area contributed by atoms with Crippen LogP contribution in [0.2, 0.25) is 10.0 Å². The summed E-state index contributed by atoms with van der Waals surface area (Å²) in [5.74, 6) is -0.876. The fourth-order valence-electron chi connectivity index (χ4n) is 2.36. The maximum absolute atomic E-state index is 13.2. The van der Waals surface area contributed by atoms with E-state index >= 15 is 0 Å². The molecule has 7 heteroatoms. The van der Waals surface area contributed by atoms with Crippen molar-refractivity contribution >= 4 is 29.0 Å². The highest BCUT2D eigenvalue weighted by molar-refractivity contribution is 6.42. The molecule has 1 unspecified atom stereocenters. The Balaban J connectivity index is 2.29. The normalized spacial score (nSPS) is 23.1. The Labute approximate surface area is 124 Å². The number of benzene rings is 1. The number of hydrogen-bond acceptors (Lipinski definition) is 2. The van der Waals surface area contributed by atoms with Crippen molar-refractivity contribution in [2.75, 3.05) is 13.1 Å². The summed E-state index contributed by atoms with van der Waals surface area (Å²) in [5.41, 5.74) is -2.00. The summed E-state index contributed by atoms with van der Waals surface area (Å²) in [6.07, 6.45) is -5.19. The van der Waals surface area contributed by atoms with E-state index in [9.17, 15) is 18.0 Å². The predicted octanol–water partition coefficient (Wildman–Crippen LogP) is 3.65. The molecule has 1 N–H and O–H groups in total. The van der Waals surface area contributed by atoms with Crippen LogP contribution < -0.4 is 5.32 Å². The molecule has 0 aromatic heterocycles. The Bertz CT molecular complexity index is 525.